The van der Waals surface area contributed by atoms with Crippen LogP contribution in [-0.4, -0.2) is 63.7 Å². The van der Waals surface area contributed by atoms with Gasteiger partial charge in [0.25, 0.3) is 5.91 Å². The van der Waals surface area contributed by atoms with Gasteiger partial charge in [-0.15, -0.1) is 0 Å². The van der Waals surface area contributed by atoms with Gasteiger partial charge in [-0.3, -0.25) is 9.52 Å². The van der Waals surface area contributed by atoms with Gasteiger partial charge in [0, 0.05) is 55.0 Å². The lowest BCUT2D eigenvalue weighted by molar-refractivity contribution is 0.0996. The number of likely N-dealkylation sites (N-methyl/N-ethyl adjacent to an activating group) is 1. The highest BCUT2D eigenvalue weighted by molar-refractivity contribution is 7.92. The van der Waals surface area contributed by atoms with Gasteiger partial charge in [0.05, 0.1) is 11.9 Å². The molecule has 1 fully saturated rings. The summed E-state index contributed by atoms with van der Waals surface area (Å²) in [6.07, 6.45) is 2.64. The van der Waals surface area contributed by atoms with Crippen LogP contribution in [-0.2, 0) is 10.0 Å². The summed E-state index contributed by atoms with van der Waals surface area (Å²) in [6.45, 7) is 4.02. The van der Waals surface area contributed by atoms with Crippen molar-refractivity contribution in [2.75, 3.05) is 54.4 Å². The van der Waals surface area contributed by atoms with Crippen LogP contribution in [0.15, 0.2) is 60.8 Å². The third kappa shape index (κ3) is 5.83. The molecular formula is C24H28N6O3S. The molecule has 4 N–H and O–H groups in total. The Morgan fingerprint density at radius 3 is 2.32 bits per heavy atom. The highest BCUT2D eigenvalue weighted by Crippen LogP contribution is 2.29. The molecule has 1 aliphatic rings. The SMILES string of the molecule is CN1CCN(c2ccc(Nc3cc(-c4cccc(NS(C)(=O)=O)c4)cnc3C(N)=O)cc2)CC1. The molecule has 0 atom stereocenters. The number of nitrogens with one attached hydrogen (secondary N) is 2. The van der Waals surface area contributed by atoms with Crippen LogP contribution in [0.3, 0.4) is 0 Å². The Balaban J connectivity index is 1.59. The summed E-state index contributed by atoms with van der Waals surface area (Å²) in [5, 5.41) is 3.25. The summed E-state index contributed by atoms with van der Waals surface area (Å²) < 4.78 is 25.6. The van der Waals surface area contributed by atoms with Crippen molar-refractivity contribution in [3.8, 4) is 11.1 Å². The molecule has 178 valence electrons. The third-order valence-corrected chi connectivity index (χ3v) is 6.24. The number of primary amides is 1. The second kappa shape index (κ2) is 9.70. The van der Waals surface area contributed by atoms with Crippen molar-refractivity contribution < 1.29 is 13.2 Å². The van der Waals surface area contributed by atoms with Crippen LogP contribution >= 0.6 is 0 Å². The number of piperazine rings is 1. The first kappa shape index (κ1) is 23.5. The quantitative estimate of drug-likeness (QED) is 0.475. The van der Waals surface area contributed by atoms with Crippen molar-refractivity contribution in [3.05, 3.63) is 66.5 Å². The minimum atomic E-state index is -3.40. The van der Waals surface area contributed by atoms with Crippen molar-refractivity contribution in [1.82, 2.24) is 9.88 Å². The van der Waals surface area contributed by atoms with E-state index in [0.29, 0.717) is 16.9 Å². The number of hydrogen-bond acceptors (Lipinski definition) is 7. The Hall–Kier alpha value is -3.63. The van der Waals surface area contributed by atoms with Crippen molar-refractivity contribution in [2.24, 2.45) is 5.73 Å². The number of amides is 1. The van der Waals surface area contributed by atoms with Crippen LogP contribution < -0.4 is 20.7 Å². The van der Waals surface area contributed by atoms with Crippen LogP contribution in [0.1, 0.15) is 10.5 Å². The van der Waals surface area contributed by atoms with Crippen LogP contribution in [0.2, 0.25) is 0 Å². The lowest BCUT2D eigenvalue weighted by Gasteiger charge is -2.34. The van der Waals surface area contributed by atoms with Crippen LogP contribution in [0.5, 0.6) is 0 Å². The topological polar surface area (TPSA) is 121 Å². The number of pyridine rings is 1. The summed E-state index contributed by atoms with van der Waals surface area (Å²) in [4.78, 5) is 20.9. The molecule has 34 heavy (non-hydrogen) atoms. The number of carbonyl (C=O) groups excluding carboxylic acids is 1. The number of carbonyl (C=O) groups is 1. The Labute approximate surface area is 199 Å². The maximum absolute atomic E-state index is 12.0. The number of sulfonamides is 1. The smallest absolute Gasteiger partial charge is 0.269 e. The van der Waals surface area contributed by atoms with E-state index in [0.717, 1.165) is 49.4 Å². The summed E-state index contributed by atoms with van der Waals surface area (Å²) in [7, 11) is -1.28. The highest BCUT2D eigenvalue weighted by Gasteiger charge is 2.15. The van der Waals surface area contributed by atoms with Gasteiger partial charge < -0.3 is 20.9 Å². The van der Waals surface area contributed by atoms with Gasteiger partial charge in [-0.25, -0.2) is 13.4 Å². The molecule has 0 bridgehead atoms. The molecule has 0 aliphatic carbocycles. The molecule has 1 aliphatic heterocycles. The van der Waals surface area contributed by atoms with Gasteiger partial charge in [-0.2, -0.15) is 0 Å². The zero-order valence-corrected chi connectivity index (χ0v) is 20.0. The number of nitrogens with two attached hydrogens (primary N) is 1. The molecule has 1 amide bonds. The summed E-state index contributed by atoms with van der Waals surface area (Å²) in [5.74, 6) is -0.643. The summed E-state index contributed by atoms with van der Waals surface area (Å²) >= 11 is 0. The molecule has 10 heteroatoms. The minimum Gasteiger partial charge on any atom is -0.369 e. The van der Waals surface area contributed by atoms with Gasteiger partial charge in [0.15, 0.2) is 5.69 Å². The number of aromatic nitrogens is 1. The highest BCUT2D eigenvalue weighted by atomic mass is 32.2. The molecule has 2 aromatic carbocycles. The first-order chi connectivity index (χ1) is 16.2. The van der Waals surface area contributed by atoms with E-state index in [9.17, 15) is 13.2 Å². The van der Waals surface area contributed by atoms with Crippen LogP contribution in [0.25, 0.3) is 11.1 Å². The lowest BCUT2D eigenvalue weighted by atomic mass is 10.1. The second-order valence-electron chi connectivity index (χ2n) is 8.40. The molecule has 0 radical (unpaired) electrons. The number of benzene rings is 2. The Morgan fingerprint density at radius 1 is 0.971 bits per heavy atom. The first-order valence-corrected chi connectivity index (χ1v) is 12.8. The van der Waals surface area contributed by atoms with E-state index in [1.165, 1.54) is 0 Å². The Morgan fingerprint density at radius 2 is 1.68 bits per heavy atom. The standard InChI is InChI=1S/C24H28N6O3S/c1-29-10-12-30(13-11-29)21-8-6-19(7-9-21)27-22-15-18(16-26-23(22)24(25)31)17-4-3-5-20(14-17)28-34(2,32)33/h3-9,14-16,27-28H,10-13H2,1-2H3,(H2,25,31). The number of hydrogen-bond donors (Lipinski definition) is 3. The molecular weight excluding hydrogens is 452 g/mol. The van der Waals surface area contributed by atoms with Gasteiger partial charge in [-0.05, 0) is 55.1 Å². The maximum Gasteiger partial charge on any atom is 0.269 e. The zero-order valence-electron chi connectivity index (χ0n) is 19.2. The molecule has 3 aromatic rings. The van der Waals surface area contributed by atoms with Crippen molar-refractivity contribution in [3.63, 3.8) is 0 Å². The minimum absolute atomic E-state index is 0.123. The van der Waals surface area contributed by atoms with Gasteiger partial charge >= 0.3 is 0 Å². The number of anilines is 4. The van der Waals surface area contributed by atoms with Crippen molar-refractivity contribution in [2.45, 2.75) is 0 Å². The average molecular weight is 481 g/mol. The first-order valence-electron chi connectivity index (χ1n) is 10.9. The monoisotopic (exact) mass is 480 g/mol. The summed E-state index contributed by atoms with van der Waals surface area (Å²) in [5.41, 5.74) is 9.98. The predicted molar refractivity (Wildman–Crippen MR) is 136 cm³/mol. The Bertz CT molecular complexity index is 1290. The van der Waals surface area contributed by atoms with Crippen LogP contribution in [0, 0.1) is 0 Å². The normalized spacial score (nSPS) is 14.6. The van der Waals surface area contributed by atoms with Crippen molar-refractivity contribution in [1.29, 1.82) is 0 Å². The molecule has 1 saturated heterocycles. The van der Waals surface area contributed by atoms with Crippen molar-refractivity contribution >= 4 is 38.7 Å². The van der Waals surface area contributed by atoms with Gasteiger partial charge in [0.2, 0.25) is 10.0 Å². The average Bonchev–Trinajstić information content (AvgIpc) is 2.79. The number of rotatable bonds is 7. The van der Waals surface area contributed by atoms with Gasteiger partial charge in [-0.1, -0.05) is 12.1 Å². The van der Waals surface area contributed by atoms with Crippen LogP contribution in [0.4, 0.5) is 22.7 Å². The Kier molecular flexibility index (Phi) is 6.71. The molecule has 4 rings (SSSR count). The zero-order chi connectivity index (χ0) is 24.3. The molecule has 0 spiro atoms. The second-order valence-corrected chi connectivity index (χ2v) is 10.2. The fraction of sp³-hybridized carbons (Fsp3) is 0.250. The molecule has 0 unspecified atom stereocenters. The van der Waals surface area contributed by atoms with E-state index in [-0.39, 0.29) is 5.69 Å². The van der Waals surface area contributed by atoms with Gasteiger partial charge in [0.1, 0.15) is 0 Å². The fourth-order valence-corrected chi connectivity index (χ4v) is 4.42. The maximum atomic E-state index is 12.0. The molecule has 2 heterocycles. The number of nitrogens with zero attached hydrogens (tertiary/aromatic N) is 3. The lowest BCUT2D eigenvalue weighted by Crippen LogP contribution is -2.44. The third-order valence-electron chi connectivity index (χ3n) is 5.63. The van der Waals surface area contributed by atoms with E-state index in [4.69, 9.17) is 5.73 Å². The molecule has 0 saturated carbocycles. The van der Waals surface area contributed by atoms with E-state index < -0.39 is 15.9 Å². The van der Waals surface area contributed by atoms with E-state index in [1.807, 2.05) is 18.2 Å². The van der Waals surface area contributed by atoms with E-state index in [1.54, 1.807) is 30.5 Å². The van der Waals surface area contributed by atoms with E-state index >= 15 is 0 Å². The molecule has 1 aromatic heterocycles. The molecule has 9 nitrogen and oxygen atoms in total. The predicted octanol–water partition coefficient (Wildman–Crippen LogP) is 2.71. The fourth-order valence-electron chi connectivity index (χ4n) is 3.87. The van der Waals surface area contributed by atoms with E-state index in [2.05, 4.69) is 44.0 Å². The largest absolute Gasteiger partial charge is 0.369 e. The summed E-state index contributed by atoms with van der Waals surface area (Å²) in [6, 6.07) is 16.8.